The SMILES string of the molecule is CC1CCN(C2CCC(Nc3ncnc4c3ncn4C3CC3)CC2)CC1. The molecular weight excluding hydrogens is 324 g/mol. The minimum Gasteiger partial charge on any atom is -0.365 e. The average molecular weight is 355 g/mol. The first-order valence-electron chi connectivity index (χ1n) is 10.5. The lowest BCUT2D eigenvalue weighted by molar-refractivity contribution is 0.108. The van der Waals surface area contributed by atoms with Crippen molar-refractivity contribution in [1.82, 2.24) is 24.4 Å². The largest absolute Gasteiger partial charge is 0.365 e. The number of hydrogen-bond donors (Lipinski definition) is 1. The lowest BCUT2D eigenvalue weighted by Crippen LogP contribution is -2.44. The fourth-order valence-corrected chi connectivity index (χ4v) is 4.75. The molecule has 3 heterocycles. The second-order valence-corrected chi connectivity index (χ2v) is 8.65. The standard InChI is InChI=1S/C20H30N6/c1-14-8-10-25(11-9-14)16-4-2-15(3-5-16)24-19-18-20(22-12-21-19)26(13-23-18)17-6-7-17/h12-17H,2-11H2,1H3,(H,21,22,24). The summed E-state index contributed by atoms with van der Waals surface area (Å²) in [7, 11) is 0. The molecule has 0 unspecified atom stereocenters. The molecular formula is C20H30N6. The second kappa shape index (κ2) is 6.80. The van der Waals surface area contributed by atoms with Gasteiger partial charge < -0.3 is 14.8 Å². The van der Waals surface area contributed by atoms with E-state index in [0.717, 1.165) is 28.9 Å². The summed E-state index contributed by atoms with van der Waals surface area (Å²) in [5.74, 6) is 1.84. The average Bonchev–Trinajstić information content (AvgIpc) is 3.42. The topological polar surface area (TPSA) is 58.9 Å². The number of rotatable bonds is 4. The van der Waals surface area contributed by atoms with E-state index in [-0.39, 0.29) is 0 Å². The van der Waals surface area contributed by atoms with E-state index >= 15 is 0 Å². The predicted octanol–water partition coefficient (Wildman–Crippen LogP) is 3.62. The molecule has 6 heteroatoms. The van der Waals surface area contributed by atoms with Gasteiger partial charge in [0, 0.05) is 18.1 Å². The molecule has 3 aliphatic rings. The molecule has 0 spiro atoms. The molecule has 140 valence electrons. The maximum atomic E-state index is 4.61. The van der Waals surface area contributed by atoms with Gasteiger partial charge in [-0.25, -0.2) is 15.0 Å². The summed E-state index contributed by atoms with van der Waals surface area (Å²) >= 11 is 0. The van der Waals surface area contributed by atoms with Crippen molar-refractivity contribution in [3.05, 3.63) is 12.7 Å². The first-order chi connectivity index (χ1) is 12.8. The highest BCUT2D eigenvalue weighted by atomic mass is 15.2. The van der Waals surface area contributed by atoms with Crippen molar-refractivity contribution < 1.29 is 0 Å². The maximum absolute atomic E-state index is 4.61. The monoisotopic (exact) mass is 354 g/mol. The molecule has 3 fully saturated rings. The van der Waals surface area contributed by atoms with Crippen LogP contribution in [-0.2, 0) is 0 Å². The molecule has 26 heavy (non-hydrogen) atoms. The minimum atomic E-state index is 0.513. The number of piperidine rings is 1. The maximum Gasteiger partial charge on any atom is 0.165 e. The number of likely N-dealkylation sites (tertiary alicyclic amines) is 1. The molecule has 2 aliphatic carbocycles. The number of fused-ring (bicyclic) bond motifs is 1. The number of aromatic nitrogens is 4. The fraction of sp³-hybridized carbons (Fsp3) is 0.750. The predicted molar refractivity (Wildman–Crippen MR) is 103 cm³/mol. The van der Waals surface area contributed by atoms with E-state index in [2.05, 4.69) is 36.7 Å². The molecule has 5 rings (SSSR count). The van der Waals surface area contributed by atoms with Gasteiger partial charge >= 0.3 is 0 Å². The number of nitrogens with zero attached hydrogens (tertiary/aromatic N) is 5. The van der Waals surface area contributed by atoms with Crippen molar-refractivity contribution in [2.45, 2.75) is 76.4 Å². The normalized spacial score (nSPS) is 28.5. The Labute approximate surface area is 155 Å². The zero-order valence-electron chi connectivity index (χ0n) is 15.8. The Bertz CT molecular complexity index is 751. The highest BCUT2D eigenvalue weighted by molar-refractivity contribution is 5.82. The van der Waals surface area contributed by atoms with Gasteiger partial charge in [0.2, 0.25) is 0 Å². The van der Waals surface area contributed by atoms with Gasteiger partial charge in [0.05, 0.1) is 6.33 Å². The lowest BCUT2D eigenvalue weighted by atomic mass is 9.88. The van der Waals surface area contributed by atoms with Crippen LogP contribution in [-0.4, -0.2) is 49.6 Å². The highest BCUT2D eigenvalue weighted by Crippen LogP contribution is 2.37. The lowest BCUT2D eigenvalue weighted by Gasteiger charge is -2.40. The summed E-state index contributed by atoms with van der Waals surface area (Å²) < 4.78 is 2.22. The van der Waals surface area contributed by atoms with E-state index in [1.165, 1.54) is 64.5 Å². The zero-order chi connectivity index (χ0) is 17.5. The smallest absolute Gasteiger partial charge is 0.165 e. The molecule has 1 aliphatic heterocycles. The van der Waals surface area contributed by atoms with Crippen LogP contribution in [0.1, 0.15) is 64.3 Å². The molecule has 2 aromatic heterocycles. The first kappa shape index (κ1) is 16.5. The van der Waals surface area contributed by atoms with Gasteiger partial charge in [0.1, 0.15) is 11.8 Å². The van der Waals surface area contributed by atoms with Gasteiger partial charge in [-0.05, 0) is 70.4 Å². The van der Waals surface area contributed by atoms with Gasteiger partial charge in [0.15, 0.2) is 11.5 Å². The van der Waals surface area contributed by atoms with Crippen molar-refractivity contribution in [1.29, 1.82) is 0 Å². The third-order valence-corrected chi connectivity index (χ3v) is 6.67. The second-order valence-electron chi connectivity index (χ2n) is 8.65. The third-order valence-electron chi connectivity index (χ3n) is 6.67. The number of imidazole rings is 1. The fourth-order valence-electron chi connectivity index (χ4n) is 4.75. The Morgan fingerprint density at radius 1 is 0.885 bits per heavy atom. The molecule has 0 aromatic carbocycles. The van der Waals surface area contributed by atoms with Crippen LogP contribution in [0.2, 0.25) is 0 Å². The quantitative estimate of drug-likeness (QED) is 0.909. The van der Waals surface area contributed by atoms with Gasteiger partial charge in [0.25, 0.3) is 0 Å². The molecule has 0 atom stereocenters. The number of anilines is 1. The molecule has 0 radical (unpaired) electrons. The summed E-state index contributed by atoms with van der Waals surface area (Å²) in [6.45, 7) is 5.00. The van der Waals surface area contributed by atoms with Crippen LogP contribution in [0.15, 0.2) is 12.7 Å². The number of nitrogens with one attached hydrogen (secondary N) is 1. The van der Waals surface area contributed by atoms with Crippen LogP contribution in [0.3, 0.4) is 0 Å². The van der Waals surface area contributed by atoms with E-state index < -0.39 is 0 Å². The molecule has 1 saturated heterocycles. The Morgan fingerprint density at radius 2 is 1.62 bits per heavy atom. The molecule has 0 bridgehead atoms. The number of hydrogen-bond acceptors (Lipinski definition) is 5. The van der Waals surface area contributed by atoms with Crippen molar-refractivity contribution in [2.24, 2.45) is 5.92 Å². The molecule has 6 nitrogen and oxygen atoms in total. The molecule has 1 N–H and O–H groups in total. The first-order valence-corrected chi connectivity index (χ1v) is 10.5. The summed E-state index contributed by atoms with van der Waals surface area (Å²) in [5, 5.41) is 3.68. The highest BCUT2D eigenvalue weighted by Gasteiger charge is 2.29. The van der Waals surface area contributed by atoms with E-state index in [9.17, 15) is 0 Å². The summed E-state index contributed by atoms with van der Waals surface area (Å²) in [5.41, 5.74) is 1.92. The van der Waals surface area contributed by atoms with Crippen molar-refractivity contribution in [2.75, 3.05) is 18.4 Å². The van der Waals surface area contributed by atoms with Gasteiger partial charge in [-0.3, -0.25) is 0 Å². The van der Waals surface area contributed by atoms with E-state index in [0.29, 0.717) is 12.1 Å². The summed E-state index contributed by atoms with van der Waals surface area (Å²) in [6, 6.07) is 1.91. The Morgan fingerprint density at radius 3 is 2.35 bits per heavy atom. The van der Waals surface area contributed by atoms with Gasteiger partial charge in [-0.1, -0.05) is 6.92 Å². The summed E-state index contributed by atoms with van der Waals surface area (Å²) in [6.07, 6.45) is 13.9. The van der Waals surface area contributed by atoms with Crippen LogP contribution >= 0.6 is 0 Å². The van der Waals surface area contributed by atoms with Gasteiger partial charge in [-0.2, -0.15) is 0 Å². The minimum absolute atomic E-state index is 0.513. The Balaban J connectivity index is 1.22. The van der Waals surface area contributed by atoms with E-state index in [1.807, 2.05) is 6.33 Å². The van der Waals surface area contributed by atoms with Crippen LogP contribution in [0, 0.1) is 5.92 Å². The molecule has 2 aromatic rings. The van der Waals surface area contributed by atoms with Crippen LogP contribution in [0.5, 0.6) is 0 Å². The molecule has 2 saturated carbocycles. The third kappa shape index (κ3) is 3.20. The van der Waals surface area contributed by atoms with Crippen molar-refractivity contribution >= 4 is 17.0 Å². The molecule has 0 amide bonds. The van der Waals surface area contributed by atoms with Crippen molar-refractivity contribution in [3.8, 4) is 0 Å². The van der Waals surface area contributed by atoms with Gasteiger partial charge in [-0.15, -0.1) is 0 Å². The summed E-state index contributed by atoms with van der Waals surface area (Å²) in [4.78, 5) is 16.3. The van der Waals surface area contributed by atoms with E-state index in [1.54, 1.807) is 6.33 Å². The van der Waals surface area contributed by atoms with Crippen LogP contribution in [0.25, 0.3) is 11.2 Å². The van der Waals surface area contributed by atoms with Crippen LogP contribution < -0.4 is 5.32 Å². The van der Waals surface area contributed by atoms with Crippen LogP contribution in [0.4, 0.5) is 5.82 Å². The Kier molecular flexibility index (Phi) is 4.31. The Hall–Kier alpha value is -1.69. The van der Waals surface area contributed by atoms with Crippen molar-refractivity contribution in [3.63, 3.8) is 0 Å². The van der Waals surface area contributed by atoms with E-state index in [4.69, 9.17) is 0 Å². The zero-order valence-corrected chi connectivity index (χ0v) is 15.8.